The number of hydrogen-bond donors (Lipinski definition) is 1. The summed E-state index contributed by atoms with van der Waals surface area (Å²) < 4.78 is 38.9. The van der Waals surface area contributed by atoms with Gasteiger partial charge in [-0.05, 0) is 68.7 Å². The van der Waals surface area contributed by atoms with Gasteiger partial charge in [0, 0.05) is 24.9 Å². The van der Waals surface area contributed by atoms with E-state index >= 15 is 0 Å². The third kappa shape index (κ3) is 4.55. The quantitative estimate of drug-likeness (QED) is 0.798. The lowest BCUT2D eigenvalue weighted by Crippen LogP contribution is -2.41. The molecule has 1 aliphatic heterocycles. The maximum Gasteiger partial charge on any atom is 0.421 e. The van der Waals surface area contributed by atoms with Gasteiger partial charge in [-0.3, -0.25) is 9.79 Å². The minimum absolute atomic E-state index is 0.111. The number of alkyl halides is 3. The Labute approximate surface area is 169 Å². The fourth-order valence-corrected chi connectivity index (χ4v) is 4.16. The van der Waals surface area contributed by atoms with Crippen LogP contribution in [0.2, 0.25) is 0 Å². The van der Waals surface area contributed by atoms with Gasteiger partial charge in [0.1, 0.15) is 0 Å². The van der Waals surface area contributed by atoms with Crippen LogP contribution in [0, 0.1) is 5.92 Å². The van der Waals surface area contributed by atoms with Gasteiger partial charge in [0.15, 0.2) is 5.60 Å². The van der Waals surface area contributed by atoms with Crippen LogP contribution in [0.3, 0.4) is 0 Å². The number of aliphatic hydroxyl groups is 1. The minimum atomic E-state index is -4.79. The second kappa shape index (κ2) is 8.30. The zero-order chi connectivity index (χ0) is 21.2. The summed E-state index contributed by atoms with van der Waals surface area (Å²) in [6.07, 6.45) is 5.94. The average molecular weight is 408 g/mol. The van der Waals surface area contributed by atoms with Crippen LogP contribution in [0.15, 0.2) is 41.4 Å². The Bertz CT molecular complexity index is 776. The molecule has 0 radical (unpaired) electrons. The van der Waals surface area contributed by atoms with Crippen molar-refractivity contribution >= 4 is 12.1 Å². The zero-order valence-electron chi connectivity index (χ0n) is 16.7. The topological polar surface area (TPSA) is 52.9 Å². The third-order valence-corrected chi connectivity index (χ3v) is 6.28. The minimum Gasteiger partial charge on any atom is -0.376 e. The van der Waals surface area contributed by atoms with Crippen molar-refractivity contribution in [3.8, 4) is 0 Å². The van der Waals surface area contributed by atoms with Crippen LogP contribution in [0.5, 0.6) is 0 Å². The molecule has 2 aliphatic rings. The van der Waals surface area contributed by atoms with Crippen LogP contribution in [-0.2, 0) is 5.60 Å². The highest BCUT2D eigenvalue weighted by Crippen LogP contribution is 2.38. The Hall–Kier alpha value is -2.15. The first-order valence-electron chi connectivity index (χ1n) is 9.96. The molecule has 1 heterocycles. The van der Waals surface area contributed by atoms with Crippen molar-refractivity contribution in [2.45, 2.75) is 62.9 Å². The fraction of sp³-hybridized carbons (Fsp3) is 0.545. The molecule has 3 rings (SSSR count). The summed E-state index contributed by atoms with van der Waals surface area (Å²) in [5.41, 5.74) is -2.92. The van der Waals surface area contributed by atoms with Crippen LogP contribution in [0.4, 0.5) is 13.2 Å². The highest BCUT2D eigenvalue weighted by Gasteiger charge is 2.51. The summed E-state index contributed by atoms with van der Waals surface area (Å²) in [4.78, 5) is 19.0. The number of rotatable bonds is 4. The van der Waals surface area contributed by atoms with Gasteiger partial charge >= 0.3 is 6.18 Å². The Morgan fingerprint density at radius 2 is 1.76 bits per heavy atom. The summed E-state index contributed by atoms with van der Waals surface area (Å²) in [6, 6.07) is 5.47. The Morgan fingerprint density at radius 1 is 1.14 bits per heavy atom. The number of hydrogen-bond acceptors (Lipinski definition) is 3. The van der Waals surface area contributed by atoms with Crippen LogP contribution in [0.1, 0.15) is 54.9 Å². The maximum absolute atomic E-state index is 13.0. The van der Waals surface area contributed by atoms with Gasteiger partial charge in [0.2, 0.25) is 0 Å². The van der Waals surface area contributed by atoms with Crippen molar-refractivity contribution in [3.05, 3.63) is 47.5 Å². The molecular formula is C22H27F3N2O2. The number of aliphatic imine (C=N–C) groups is 1. The van der Waals surface area contributed by atoms with Gasteiger partial charge in [-0.15, -0.1) is 0 Å². The molecule has 1 fully saturated rings. The van der Waals surface area contributed by atoms with E-state index in [4.69, 9.17) is 0 Å². The molecule has 0 saturated heterocycles. The van der Waals surface area contributed by atoms with Crippen molar-refractivity contribution in [3.63, 3.8) is 0 Å². The number of amides is 1. The van der Waals surface area contributed by atoms with Crippen molar-refractivity contribution in [2.75, 3.05) is 7.05 Å². The molecule has 1 saturated carbocycles. The number of allylic oxidation sites excluding steroid dienone is 1. The predicted molar refractivity (Wildman–Crippen MR) is 106 cm³/mol. The first-order valence-corrected chi connectivity index (χ1v) is 9.96. The first kappa shape index (κ1) is 21.6. The number of halogens is 3. The van der Waals surface area contributed by atoms with Gasteiger partial charge in [-0.25, -0.2) is 0 Å². The Kier molecular flexibility index (Phi) is 6.17. The largest absolute Gasteiger partial charge is 0.421 e. The predicted octanol–water partition coefficient (Wildman–Crippen LogP) is 4.49. The van der Waals surface area contributed by atoms with Gasteiger partial charge in [-0.2, -0.15) is 13.2 Å². The number of nitrogens with zero attached hydrogens (tertiary/aromatic N) is 2. The standard InChI is InChI=1S/C22H27F3N2O2/c1-21(29,22(23,24)25)17-10-6-16(7-11-17)20(28)27(2)18-12-8-15(9-13-18)19-5-3-4-14-26-19/h3-4,6-7,10-11,14-15,18-19,29H,5,8-9,12-13H2,1-2H3/t15-,18-,19?,21-/m0/s1. The van der Waals surface area contributed by atoms with Crippen LogP contribution >= 0.6 is 0 Å². The summed E-state index contributed by atoms with van der Waals surface area (Å²) in [6.45, 7) is 0.709. The maximum atomic E-state index is 13.0. The third-order valence-electron chi connectivity index (χ3n) is 6.28. The summed E-state index contributed by atoms with van der Waals surface area (Å²) >= 11 is 0. The van der Waals surface area contributed by atoms with Gasteiger partial charge in [0.05, 0.1) is 6.04 Å². The van der Waals surface area contributed by atoms with E-state index < -0.39 is 11.8 Å². The number of carbonyl (C=O) groups is 1. The molecule has 29 heavy (non-hydrogen) atoms. The smallest absolute Gasteiger partial charge is 0.376 e. The first-order chi connectivity index (χ1) is 13.6. The molecule has 1 aromatic rings. The lowest BCUT2D eigenvalue weighted by molar-refractivity contribution is -0.258. The van der Waals surface area contributed by atoms with Gasteiger partial charge in [0.25, 0.3) is 5.91 Å². The monoisotopic (exact) mass is 408 g/mol. The summed E-state index contributed by atoms with van der Waals surface area (Å²) in [5, 5.41) is 9.76. The van der Waals surface area contributed by atoms with E-state index in [1.54, 1.807) is 11.9 Å². The van der Waals surface area contributed by atoms with E-state index in [-0.39, 0.29) is 17.5 Å². The highest BCUT2D eigenvalue weighted by molar-refractivity contribution is 5.94. The van der Waals surface area contributed by atoms with Gasteiger partial charge < -0.3 is 10.0 Å². The average Bonchev–Trinajstić information content (AvgIpc) is 2.73. The molecule has 1 amide bonds. The van der Waals surface area contributed by atoms with Crippen molar-refractivity contribution < 1.29 is 23.1 Å². The molecule has 1 aromatic carbocycles. The van der Waals surface area contributed by atoms with E-state index in [2.05, 4.69) is 11.1 Å². The van der Waals surface area contributed by atoms with E-state index in [0.29, 0.717) is 24.4 Å². The molecule has 2 atom stereocenters. The number of dihydropyridines is 1. The Morgan fingerprint density at radius 3 is 2.28 bits per heavy atom. The zero-order valence-corrected chi connectivity index (χ0v) is 16.7. The summed E-state index contributed by atoms with van der Waals surface area (Å²) in [7, 11) is 1.74. The molecule has 1 unspecified atom stereocenters. The van der Waals surface area contributed by atoms with Crippen molar-refractivity contribution in [1.82, 2.24) is 4.90 Å². The molecule has 1 aliphatic carbocycles. The molecular weight excluding hydrogens is 381 g/mol. The molecule has 7 heteroatoms. The van der Waals surface area contributed by atoms with E-state index in [9.17, 15) is 23.1 Å². The molecule has 0 spiro atoms. The van der Waals surface area contributed by atoms with Crippen LogP contribution < -0.4 is 0 Å². The van der Waals surface area contributed by atoms with E-state index in [1.165, 1.54) is 24.3 Å². The number of benzene rings is 1. The lowest BCUT2D eigenvalue weighted by atomic mass is 9.80. The van der Waals surface area contributed by atoms with Gasteiger partial charge in [-0.1, -0.05) is 18.2 Å². The molecule has 0 bridgehead atoms. The second-order valence-electron chi connectivity index (χ2n) is 8.16. The van der Waals surface area contributed by atoms with Crippen LogP contribution in [0.25, 0.3) is 0 Å². The fourth-order valence-electron chi connectivity index (χ4n) is 4.16. The Balaban J connectivity index is 1.60. The summed E-state index contributed by atoms with van der Waals surface area (Å²) in [5.74, 6) is 0.310. The normalized spacial score (nSPS) is 26.8. The van der Waals surface area contributed by atoms with E-state index in [1.807, 2.05) is 12.3 Å². The SMILES string of the molecule is CN(C(=O)c1ccc([C@](C)(O)C(F)(F)F)cc1)[C@H]1CC[C@H](C2CC=CC=N2)CC1. The number of carbonyl (C=O) groups excluding carboxylic acids is 1. The molecule has 158 valence electrons. The molecule has 1 N–H and O–H groups in total. The van der Waals surface area contributed by atoms with E-state index in [0.717, 1.165) is 32.1 Å². The molecule has 0 aromatic heterocycles. The van der Waals surface area contributed by atoms with Crippen molar-refractivity contribution in [1.29, 1.82) is 0 Å². The lowest BCUT2D eigenvalue weighted by Gasteiger charge is -2.37. The highest BCUT2D eigenvalue weighted by atomic mass is 19.4. The molecule has 4 nitrogen and oxygen atoms in total. The van der Waals surface area contributed by atoms with Crippen LogP contribution in [-0.4, -0.2) is 47.4 Å². The van der Waals surface area contributed by atoms with Crippen molar-refractivity contribution in [2.24, 2.45) is 10.9 Å². The second-order valence-corrected chi connectivity index (χ2v) is 8.16.